The standard InChI is InChI=1S/C6H3BrF3N3O3/c1-12-3(14)2(7)11-13(5(12)16)4(15)6(8,9)10/h1H3. The molecule has 0 radical (unpaired) electrons. The third-order valence-electron chi connectivity index (χ3n) is 1.57. The molecule has 0 fully saturated rings. The molecule has 0 N–H and O–H groups in total. The lowest BCUT2D eigenvalue weighted by Crippen LogP contribution is -2.46. The lowest BCUT2D eigenvalue weighted by molar-refractivity contribution is -0.0961. The van der Waals surface area contributed by atoms with Gasteiger partial charge in [0, 0.05) is 7.05 Å². The van der Waals surface area contributed by atoms with Gasteiger partial charge in [-0.05, 0) is 15.9 Å². The highest BCUT2D eigenvalue weighted by Gasteiger charge is 2.42. The van der Waals surface area contributed by atoms with Crippen LogP contribution in [0, 0.1) is 0 Å². The van der Waals surface area contributed by atoms with E-state index in [2.05, 4.69) is 21.0 Å². The van der Waals surface area contributed by atoms with Gasteiger partial charge in [0.25, 0.3) is 5.56 Å². The summed E-state index contributed by atoms with van der Waals surface area (Å²) in [5, 5.41) is 2.92. The smallest absolute Gasteiger partial charge is 0.266 e. The average molecular weight is 302 g/mol. The average Bonchev–Trinajstić information content (AvgIpc) is 2.18. The first kappa shape index (κ1) is 12.6. The van der Waals surface area contributed by atoms with E-state index in [1.54, 1.807) is 0 Å². The van der Waals surface area contributed by atoms with E-state index in [-0.39, 0.29) is 0 Å². The number of hydrogen-bond acceptors (Lipinski definition) is 4. The van der Waals surface area contributed by atoms with E-state index in [1.807, 2.05) is 0 Å². The van der Waals surface area contributed by atoms with E-state index in [1.165, 1.54) is 0 Å². The summed E-state index contributed by atoms with van der Waals surface area (Å²) in [6, 6.07) is 0. The SMILES string of the molecule is Cn1c(=O)c(Br)nn(C(=O)C(F)(F)F)c1=O. The molecule has 88 valence electrons. The zero-order valence-electron chi connectivity index (χ0n) is 7.58. The monoisotopic (exact) mass is 301 g/mol. The normalized spacial score (nSPS) is 11.6. The first-order chi connectivity index (χ1) is 7.16. The van der Waals surface area contributed by atoms with Crippen LogP contribution in [0.5, 0.6) is 0 Å². The van der Waals surface area contributed by atoms with Gasteiger partial charge >= 0.3 is 17.8 Å². The van der Waals surface area contributed by atoms with Gasteiger partial charge in [-0.1, -0.05) is 0 Å². The van der Waals surface area contributed by atoms with Crippen LogP contribution in [0.1, 0.15) is 4.79 Å². The lowest BCUT2D eigenvalue weighted by atomic mass is 10.6. The molecule has 0 atom stereocenters. The van der Waals surface area contributed by atoms with Crippen molar-refractivity contribution >= 4 is 21.8 Å². The molecule has 1 heterocycles. The Morgan fingerprint density at radius 1 is 1.38 bits per heavy atom. The summed E-state index contributed by atoms with van der Waals surface area (Å²) in [4.78, 5) is 33.0. The van der Waals surface area contributed by atoms with Crippen molar-refractivity contribution in [2.24, 2.45) is 7.05 Å². The van der Waals surface area contributed by atoms with Gasteiger partial charge in [-0.15, -0.1) is 9.78 Å². The molecule has 1 aromatic heterocycles. The number of hydrogen-bond donors (Lipinski definition) is 0. The minimum absolute atomic E-state index is 0.334. The molecule has 0 saturated heterocycles. The Balaban J connectivity index is 3.56. The van der Waals surface area contributed by atoms with E-state index >= 15 is 0 Å². The highest BCUT2D eigenvalue weighted by Crippen LogP contribution is 2.15. The fourth-order valence-electron chi connectivity index (χ4n) is 0.793. The Labute approximate surface area is 93.4 Å². The Bertz CT molecular complexity index is 559. The number of carbonyl (C=O) groups is 1. The van der Waals surface area contributed by atoms with E-state index in [0.717, 1.165) is 7.05 Å². The molecule has 0 spiro atoms. The van der Waals surface area contributed by atoms with Crippen molar-refractivity contribution in [3.05, 3.63) is 25.4 Å². The van der Waals surface area contributed by atoms with Crippen molar-refractivity contribution in [2.75, 3.05) is 0 Å². The minimum Gasteiger partial charge on any atom is -0.266 e. The maximum atomic E-state index is 12.0. The molecule has 0 aromatic carbocycles. The van der Waals surface area contributed by atoms with Crippen molar-refractivity contribution in [3.8, 4) is 0 Å². The van der Waals surface area contributed by atoms with Crippen molar-refractivity contribution in [3.63, 3.8) is 0 Å². The molecule has 0 amide bonds. The first-order valence-corrected chi connectivity index (χ1v) is 4.43. The van der Waals surface area contributed by atoms with Crippen LogP contribution in [0.4, 0.5) is 13.2 Å². The fourth-order valence-corrected chi connectivity index (χ4v) is 1.22. The Hall–Kier alpha value is -1.45. The van der Waals surface area contributed by atoms with Crippen LogP contribution in [-0.4, -0.2) is 26.4 Å². The van der Waals surface area contributed by atoms with Crippen molar-refractivity contribution in [2.45, 2.75) is 6.18 Å². The predicted molar refractivity (Wildman–Crippen MR) is 48.1 cm³/mol. The molecule has 0 saturated carbocycles. The Morgan fingerprint density at radius 2 is 1.88 bits per heavy atom. The van der Waals surface area contributed by atoms with E-state index in [4.69, 9.17) is 0 Å². The molecule has 16 heavy (non-hydrogen) atoms. The number of alkyl halides is 3. The van der Waals surface area contributed by atoms with Gasteiger partial charge in [0.15, 0.2) is 4.60 Å². The van der Waals surface area contributed by atoms with E-state index < -0.39 is 32.6 Å². The maximum Gasteiger partial charge on any atom is 0.473 e. The van der Waals surface area contributed by atoms with Crippen molar-refractivity contribution < 1.29 is 18.0 Å². The molecule has 6 nitrogen and oxygen atoms in total. The van der Waals surface area contributed by atoms with Crippen molar-refractivity contribution in [1.29, 1.82) is 0 Å². The summed E-state index contributed by atoms with van der Waals surface area (Å²) < 4.78 is 35.4. The van der Waals surface area contributed by atoms with Crippen LogP contribution >= 0.6 is 15.9 Å². The predicted octanol–water partition coefficient (Wildman–Crippen LogP) is -0.0930. The third-order valence-corrected chi connectivity index (χ3v) is 2.07. The minimum atomic E-state index is -5.24. The van der Waals surface area contributed by atoms with Crippen LogP contribution in [0.25, 0.3) is 0 Å². The summed E-state index contributed by atoms with van der Waals surface area (Å²) in [6.45, 7) is 0. The van der Waals surface area contributed by atoms with Crippen LogP contribution in [0.3, 0.4) is 0 Å². The van der Waals surface area contributed by atoms with Gasteiger partial charge in [-0.25, -0.2) is 4.79 Å². The molecular weight excluding hydrogens is 299 g/mol. The van der Waals surface area contributed by atoms with Gasteiger partial charge in [-0.2, -0.15) is 13.2 Å². The van der Waals surface area contributed by atoms with Gasteiger partial charge in [0.05, 0.1) is 0 Å². The molecule has 0 unspecified atom stereocenters. The molecule has 1 aromatic rings. The highest BCUT2D eigenvalue weighted by atomic mass is 79.9. The lowest BCUT2D eigenvalue weighted by Gasteiger charge is -2.07. The summed E-state index contributed by atoms with van der Waals surface area (Å²) in [5.74, 6) is -2.46. The zero-order chi connectivity index (χ0) is 12.7. The quantitative estimate of drug-likeness (QED) is 0.671. The summed E-state index contributed by atoms with van der Waals surface area (Å²) in [6.07, 6.45) is -5.24. The topological polar surface area (TPSA) is 74.0 Å². The first-order valence-electron chi connectivity index (χ1n) is 3.63. The Kier molecular flexibility index (Phi) is 3.03. The van der Waals surface area contributed by atoms with Crippen LogP contribution in [0.2, 0.25) is 0 Å². The molecule has 1 rings (SSSR count). The van der Waals surface area contributed by atoms with Gasteiger partial charge in [-0.3, -0.25) is 14.2 Å². The molecule has 0 bridgehead atoms. The highest BCUT2D eigenvalue weighted by molar-refractivity contribution is 9.10. The number of aromatic nitrogens is 3. The third kappa shape index (κ3) is 2.05. The van der Waals surface area contributed by atoms with Crippen LogP contribution in [0.15, 0.2) is 14.2 Å². The number of carbonyl (C=O) groups excluding carboxylic acids is 1. The second-order valence-corrected chi connectivity index (χ2v) is 3.40. The Morgan fingerprint density at radius 3 is 2.31 bits per heavy atom. The molecular formula is C6H3BrF3N3O3. The van der Waals surface area contributed by atoms with Gasteiger partial charge in [0.2, 0.25) is 0 Å². The number of rotatable bonds is 0. The zero-order valence-corrected chi connectivity index (χ0v) is 9.16. The van der Waals surface area contributed by atoms with E-state index in [0.29, 0.717) is 4.57 Å². The summed E-state index contributed by atoms with van der Waals surface area (Å²) in [5.41, 5.74) is -2.40. The summed E-state index contributed by atoms with van der Waals surface area (Å²) in [7, 11) is 0.928. The second kappa shape index (κ2) is 3.85. The van der Waals surface area contributed by atoms with E-state index in [9.17, 15) is 27.6 Å². The van der Waals surface area contributed by atoms with Crippen LogP contribution < -0.4 is 11.2 Å². The largest absolute Gasteiger partial charge is 0.473 e. The fraction of sp³-hybridized carbons (Fsp3) is 0.333. The number of halogens is 4. The van der Waals surface area contributed by atoms with Crippen molar-refractivity contribution in [1.82, 2.24) is 14.3 Å². The maximum absolute atomic E-state index is 12.0. The molecule has 0 aliphatic rings. The van der Waals surface area contributed by atoms with Gasteiger partial charge in [0.1, 0.15) is 0 Å². The summed E-state index contributed by atoms with van der Waals surface area (Å²) >= 11 is 2.54. The second-order valence-electron chi connectivity index (χ2n) is 2.65. The van der Waals surface area contributed by atoms with Gasteiger partial charge < -0.3 is 0 Å². The molecule has 0 aliphatic carbocycles. The molecule has 10 heteroatoms. The van der Waals surface area contributed by atoms with Crippen LogP contribution in [-0.2, 0) is 7.05 Å². The number of nitrogens with zero attached hydrogens (tertiary/aromatic N) is 3. The molecule has 0 aliphatic heterocycles.